The van der Waals surface area contributed by atoms with Gasteiger partial charge in [0.15, 0.2) is 4.96 Å². The Morgan fingerprint density at radius 2 is 2.03 bits per heavy atom. The molecule has 1 aromatic carbocycles. The van der Waals surface area contributed by atoms with Crippen LogP contribution in [0.4, 0.5) is 0 Å². The Morgan fingerprint density at radius 1 is 1.23 bits per heavy atom. The fourth-order valence-corrected chi connectivity index (χ4v) is 4.80. The number of ether oxygens (including phenoxy) is 1. The number of carbonyl (C=O) groups is 2. The highest BCUT2D eigenvalue weighted by Gasteiger charge is 2.29. The number of thiazole rings is 1. The number of amides is 1. The lowest BCUT2D eigenvalue weighted by Crippen LogP contribution is -2.43. The van der Waals surface area contributed by atoms with Crippen molar-refractivity contribution >= 4 is 28.2 Å². The molecule has 1 amide bonds. The van der Waals surface area contributed by atoms with Gasteiger partial charge in [0.1, 0.15) is 0 Å². The molecular formula is C23H27N3O3S. The highest BCUT2D eigenvalue weighted by atomic mass is 32.1. The lowest BCUT2D eigenvalue weighted by atomic mass is 9.98. The fourth-order valence-electron chi connectivity index (χ4n) is 3.93. The van der Waals surface area contributed by atoms with Crippen molar-refractivity contribution in [2.24, 2.45) is 5.92 Å². The molecule has 1 fully saturated rings. The van der Waals surface area contributed by atoms with E-state index in [2.05, 4.69) is 31.2 Å². The van der Waals surface area contributed by atoms with E-state index in [1.807, 2.05) is 22.9 Å². The number of aryl methyl sites for hydroxylation is 1. The Bertz CT molecular complexity index is 1040. The summed E-state index contributed by atoms with van der Waals surface area (Å²) in [6.45, 7) is 5.47. The molecular weight excluding hydrogens is 398 g/mol. The highest BCUT2D eigenvalue weighted by molar-refractivity contribution is 7.15. The van der Waals surface area contributed by atoms with Crippen molar-refractivity contribution in [2.45, 2.75) is 39.5 Å². The van der Waals surface area contributed by atoms with Crippen molar-refractivity contribution < 1.29 is 14.3 Å². The standard InChI is InChI=1S/C23H27N3O3S/c1-3-16-7-9-17(10-8-16)20-14-26-19(15-30-23(26)24-20)12-21(27)25-11-5-6-18(13-25)22(28)29-4-2/h7-10,14-15,18H,3-6,11-13H2,1-2H3. The van der Waals surface area contributed by atoms with Gasteiger partial charge in [0, 0.05) is 35.9 Å². The molecule has 3 aromatic rings. The summed E-state index contributed by atoms with van der Waals surface area (Å²) in [6, 6.07) is 8.45. The summed E-state index contributed by atoms with van der Waals surface area (Å²) >= 11 is 1.54. The predicted molar refractivity (Wildman–Crippen MR) is 118 cm³/mol. The number of likely N-dealkylation sites (tertiary alicyclic amines) is 1. The summed E-state index contributed by atoms with van der Waals surface area (Å²) in [4.78, 5) is 32.4. The zero-order valence-corrected chi connectivity index (χ0v) is 18.3. The first kappa shape index (κ1) is 20.6. The molecule has 6 nitrogen and oxygen atoms in total. The lowest BCUT2D eigenvalue weighted by Gasteiger charge is -2.31. The second-order valence-corrected chi connectivity index (χ2v) is 8.50. The maximum absolute atomic E-state index is 12.9. The number of imidazole rings is 1. The van der Waals surface area contributed by atoms with Crippen LogP contribution in [-0.2, 0) is 27.2 Å². The largest absolute Gasteiger partial charge is 0.466 e. The van der Waals surface area contributed by atoms with Crippen LogP contribution in [0.1, 0.15) is 37.9 Å². The van der Waals surface area contributed by atoms with Crippen LogP contribution >= 0.6 is 11.3 Å². The minimum Gasteiger partial charge on any atom is -0.466 e. The number of esters is 1. The van der Waals surface area contributed by atoms with Crippen molar-refractivity contribution in [1.82, 2.24) is 14.3 Å². The number of nitrogens with zero attached hydrogens (tertiary/aromatic N) is 3. The van der Waals surface area contributed by atoms with Crippen LogP contribution < -0.4 is 0 Å². The summed E-state index contributed by atoms with van der Waals surface area (Å²) in [5.74, 6) is -0.358. The van der Waals surface area contributed by atoms with E-state index < -0.39 is 0 Å². The van der Waals surface area contributed by atoms with Crippen LogP contribution in [0, 0.1) is 5.92 Å². The maximum Gasteiger partial charge on any atom is 0.310 e. The molecule has 7 heteroatoms. The van der Waals surface area contributed by atoms with E-state index in [-0.39, 0.29) is 17.8 Å². The van der Waals surface area contributed by atoms with Crippen molar-refractivity contribution in [3.05, 3.63) is 47.1 Å². The van der Waals surface area contributed by atoms with Gasteiger partial charge in [-0.15, -0.1) is 11.3 Å². The fraction of sp³-hybridized carbons (Fsp3) is 0.435. The maximum atomic E-state index is 12.9. The average Bonchev–Trinajstić information content (AvgIpc) is 3.36. The summed E-state index contributed by atoms with van der Waals surface area (Å²) < 4.78 is 7.16. The van der Waals surface area contributed by atoms with Gasteiger partial charge in [-0.2, -0.15) is 0 Å². The van der Waals surface area contributed by atoms with E-state index in [4.69, 9.17) is 9.72 Å². The third-order valence-electron chi connectivity index (χ3n) is 5.67. The summed E-state index contributed by atoms with van der Waals surface area (Å²) in [6.07, 6.45) is 4.94. The number of fused-ring (bicyclic) bond motifs is 1. The van der Waals surface area contributed by atoms with Crippen LogP contribution in [0.25, 0.3) is 16.2 Å². The van der Waals surface area contributed by atoms with Crippen LogP contribution in [0.3, 0.4) is 0 Å². The summed E-state index contributed by atoms with van der Waals surface area (Å²) in [5, 5.41) is 2.00. The number of hydrogen-bond acceptors (Lipinski definition) is 5. The van der Waals surface area contributed by atoms with Gasteiger partial charge in [0.05, 0.1) is 24.6 Å². The zero-order valence-electron chi connectivity index (χ0n) is 17.5. The Hall–Kier alpha value is -2.67. The van der Waals surface area contributed by atoms with E-state index in [1.54, 1.807) is 16.2 Å². The first-order valence-corrected chi connectivity index (χ1v) is 11.5. The third kappa shape index (κ3) is 4.26. The molecule has 1 unspecified atom stereocenters. The second-order valence-electron chi connectivity index (χ2n) is 7.66. The molecule has 1 saturated heterocycles. The molecule has 4 rings (SSSR count). The number of hydrogen-bond donors (Lipinski definition) is 0. The van der Waals surface area contributed by atoms with Gasteiger partial charge in [-0.25, -0.2) is 4.98 Å². The average molecular weight is 426 g/mol. The third-order valence-corrected chi connectivity index (χ3v) is 6.56. The van der Waals surface area contributed by atoms with Crippen LogP contribution in [-0.4, -0.2) is 45.9 Å². The van der Waals surface area contributed by atoms with Gasteiger partial charge in [0.2, 0.25) is 5.91 Å². The summed E-state index contributed by atoms with van der Waals surface area (Å²) in [5.41, 5.74) is 4.23. The lowest BCUT2D eigenvalue weighted by molar-refractivity contribution is -0.151. The van der Waals surface area contributed by atoms with Crippen molar-refractivity contribution in [3.63, 3.8) is 0 Å². The molecule has 1 aliphatic rings. The molecule has 3 heterocycles. The Labute approximate surface area is 180 Å². The van der Waals surface area contributed by atoms with Crippen molar-refractivity contribution in [2.75, 3.05) is 19.7 Å². The molecule has 0 saturated carbocycles. The van der Waals surface area contributed by atoms with Crippen LogP contribution in [0.2, 0.25) is 0 Å². The van der Waals surface area contributed by atoms with E-state index in [9.17, 15) is 9.59 Å². The Balaban J connectivity index is 1.47. The molecule has 30 heavy (non-hydrogen) atoms. The molecule has 158 valence electrons. The van der Waals surface area contributed by atoms with E-state index in [0.29, 0.717) is 26.1 Å². The molecule has 1 aliphatic heterocycles. The van der Waals surface area contributed by atoms with Gasteiger partial charge in [-0.1, -0.05) is 31.2 Å². The molecule has 0 bridgehead atoms. The molecule has 0 aliphatic carbocycles. The molecule has 0 spiro atoms. The van der Waals surface area contributed by atoms with E-state index in [0.717, 1.165) is 41.2 Å². The SMILES string of the molecule is CCOC(=O)C1CCCN(C(=O)Cc2csc3nc(-c4ccc(CC)cc4)cn23)C1. The van der Waals surface area contributed by atoms with Gasteiger partial charge < -0.3 is 9.64 Å². The zero-order chi connectivity index (χ0) is 21.1. The van der Waals surface area contributed by atoms with Gasteiger partial charge in [-0.3, -0.25) is 14.0 Å². The molecule has 0 N–H and O–H groups in total. The minimum atomic E-state index is -0.212. The first-order valence-electron chi connectivity index (χ1n) is 10.6. The smallest absolute Gasteiger partial charge is 0.310 e. The van der Waals surface area contributed by atoms with E-state index in [1.165, 1.54) is 5.56 Å². The summed E-state index contributed by atoms with van der Waals surface area (Å²) in [7, 11) is 0. The second kappa shape index (κ2) is 9.00. The first-order chi connectivity index (χ1) is 14.6. The van der Waals surface area contributed by atoms with Crippen molar-refractivity contribution in [3.8, 4) is 11.3 Å². The molecule has 0 radical (unpaired) electrons. The van der Waals surface area contributed by atoms with Crippen LogP contribution in [0.5, 0.6) is 0 Å². The van der Waals surface area contributed by atoms with Crippen molar-refractivity contribution in [1.29, 1.82) is 0 Å². The van der Waals surface area contributed by atoms with Gasteiger partial charge >= 0.3 is 5.97 Å². The number of piperidine rings is 1. The number of aromatic nitrogens is 2. The molecule has 2 aromatic heterocycles. The van der Waals surface area contributed by atoms with E-state index >= 15 is 0 Å². The van der Waals surface area contributed by atoms with Gasteiger partial charge in [0.25, 0.3) is 0 Å². The number of benzene rings is 1. The Kier molecular flexibility index (Phi) is 6.18. The van der Waals surface area contributed by atoms with Gasteiger partial charge in [-0.05, 0) is 31.7 Å². The van der Waals surface area contributed by atoms with Crippen LogP contribution in [0.15, 0.2) is 35.8 Å². The highest BCUT2D eigenvalue weighted by Crippen LogP contribution is 2.25. The molecule has 1 atom stereocenters. The minimum absolute atomic E-state index is 0.0475. The predicted octanol–water partition coefficient (Wildman–Crippen LogP) is 3.97. The monoisotopic (exact) mass is 425 g/mol. The Morgan fingerprint density at radius 3 is 2.77 bits per heavy atom. The quantitative estimate of drug-likeness (QED) is 0.561. The normalized spacial score (nSPS) is 16.7. The topological polar surface area (TPSA) is 63.9 Å². The number of carbonyl (C=O) groups excluding carboxylic acids is 2. The number of rotatable bonds is 6.